The average molecular weight is 823 g/mol. The fourth-order valence-electron chi connectivity index (χ4n) is 8.25. The number of alkyl carbamates (subject to hydrolysis) is 1. The molecule has 5 atom stereocenters. The number of H-pyrrole nitrogens is 2. The number of alkyl halides is 3. The fraction of sp³-hybridized carbons (Fsp3) is 0.500. The van der Waals surface area contributed by atoms with Gasteiger partial charge in [-0.1, -0.05) is 63.1 Å². The van der Waals surface area contributed by atoms with E-state index >= 15 is 0 Å². The summed E-state index contributed by atoms with van der Waals surface area (Å²) in [4.78, 5) is 55.3. The molecule has 1 aliphatic carbocycles. The van der Waals surface area contributed by atoms with E-state index in [1.54, 1.807) is 50.4 Å². The third-order valence-corrected chi connectivity index (χ3v) is 11.4. The Bertz CT molecular complexity index is 2080. The normalized spacial score (nSPS) is 19.7. The molecule has 2 aromatic carbocycles. The van der Waals surface area contributed by atoms with Gasteiger partial charge in [0.05, 0.1) is 55.6 Å². The Morgan fingerprint density at radius 1 is 0.847 bits per heavy atom. The Labute approximate surface area is 341 Å². The van der Waals surface area contributed by atoms with Crippen molar-refractivity contribution in [3.05, 3.63) is 72.1 Å². The quantitative estimate of drug-likeness (QED) is 0.0946. The molecule has 14 nitrogen and oxygen atoms in total. The van der Waals surface area contributed by atoms with E-state index in [1.807, 2.05) is 18.7 Å². The minimum Gasteiger partial charge on any atom is -0.453 e. The third-order valence-electron chi connectivity index (χ3n) is 11.4. The van der Waals surface area contributed by atoms with E-state index in [0.29, 0.717) is 53.5 Å². The van der Waals surface area contributed by atoms with Crippen LogP contribution in [-0.4, -0.2) is 92.1 Å². The van der Waals surface area contributed by atoms with Crippen LogP contribution < -0.4 is 10.7 Å². The topological polar surface area (TPSA) is 178 Å². The number of carbonyl (C=O) groups excluding carboxylic acids is 3. The van der Waals surface area contributed by atoms with Crippen LogP contribution in [0.5, 0.6) is 0 Å². The molecule has 1 saturated carbocycles. The molecule has 3 amide bonds. The summed E-state index contributed by atoms with van der Waals surface area (Å²) >= 11 is 0. The van der Waals surface area contributed by atoms with Crippen molar-refractivity contribution in [1.29, 1.82) is 0 Å². The number of carbonyl (C=O) groups is 3. The van der Waals surface area contributed by atoms with Gasteiger partial charge in [0, 0.05) is 30.0 Å². The molecule has 0 radical (unpaired) electrons. The minimum atomic E-state index is -4.67. The summed E-state index contributed by atoms with van der Waals surface area (Å²) in [5.74, 6) is -0.0522. The SMILES string of the molecule is COC(=O)N[C@@H](C(C)C)C(O)N1CCC[C@H]1c1ncc(-c2ccc(-c3ccc(-c4cnc(C5CCCC[C@@H]5C(=O)N(NC(=O)OC)C(C)C)[nH]4)cc3C(F)(F)F)cc2)[nH]1. The standard InChI is InChI=1S/C42H53F3N8O6/c1-23(2)35(50-40(56)58-5)39(55)52-19-9-12-34(52)37-47-21-32(49-37)26-15-13-25(14-16-26)28-18-17-27(20-31(28)42(43,44)45)33-22-46-36(48-33)29-10-7-8-11-30(29)38(54)53(24(3)4)51-41(57)59-6/h13-18,20-24,29-30,34-35,39,55H,7-12,19H2,1-6H3,(H,46,48)(H,47,49)(H,50,56)(H,51,57)/t29?,30-,34-,35-,39?/m0/s1. The summed E-state index contributed by atoms with van der Waals surface area (Å²) < 4.78 is 53.6. The molecule has 0 bridgehead atoms. The highest BCUT2D eigenvalue weighted by molar-refractivity contribution is 5.82. The van der Waals surface area contributed by atoms with Gasteiger partial charge in [-0.05, 0) is 68.2 Å². The van der Waals surface area contributed by atoms with Crippen LogP contribution in [0.2, 0.25) is 0 Å². The maximum atomic E-state index is 14.7. The third kappa shape index (κ3) is 9.57. The molecule has 318 valence electrons. The van der Waals surface area contributed by atoms with E-state index in [-0.39, 0.29) is 35.4 Å². The maximum Gasteiger partial charge on any atom is 0.425 e. The smallest absolute Gasteiger partial charge is 0.425 e. The maximum absolute atomic E-state index is 14.7. The van der Waals surface area contributed by atoms with Gasteiger partial charge >= 0.3 is 18.4 Å². The molecule has 3 heterocycles. The lowest BCUT2D eigenvalue weighted by atomic mass is 9.78. The number of aromatic nitrogens is 4. The second kappa shape index (κ2) is 18.2. The van der Waals surface area contributed by atoms with Crippen LogP contribution in [-0.2, 0) is 20.4 Å². The summed E-state index contributed by atoms with van der Waals surface area (Å²) in [7, 11) is 2.49. The predicted molar refractivity (Wildman–Crippen MR) is 213 cm³/mol. The number of hydrazine groups is 1. The van der Waals surface area contributed by atoms with Gasteiger partial charge in [-0.3, -0.25) is 9.69 Å². The highest BCUT2D eigenvalue weighted by Crippen LogP contribution is 2.42. The second-order valence-corrected chi connectivity index (χ2v) is 15.8. The van der Waals surface area contributed by atoms with Crippen molar-refractivity contribution in [2.24, 2.45) is 11.8 Å². The number of rotatable bonds is 11. The number of hydrogen-bond donors (Lipinski definition) is 5. The molecule has 59 heavy (non-hydrogen) atoms. The Morgan fingerprint density at radius 2 is 1.46 bits per heavy atom. The highest BCUT2D eigenvalue weighted by atomic mass is 19.4. The first-order chi connectivity index (χ1) is 28.1. The lowest BCUT2D eigenvalue weighted by Crippen LogP contribution is -2.54. The summed E-state index contributed by atoms with van der Waals surface area (Å²) in [6, 6.07) is 9.77. The lowest BCUT2D eigenvalue weighted by molar-refractivity contribution is -0.142. The van der Waals surface area contributed by atoms with E-state index in [1.165, 1.54) is 31.5 Å². The van der Waals surface area contributed by atoms with Crippen molar-refractivity contribution in [2.45, 2.75) is 103 Å². The Balaban J connectivity index is 1.20. The lowest BCUT2D eigenvalue weighted by Gasteiger charge is -2.35. The van der Waals surface area contributed by atoms with Gasteiger partial charge in [-0.25, -0.2) is 30.0 Å². The molecule has 2 aliphatic rings. The Morgan fingerprint density at radius 3 is 2.10 bits per heavy atom. The van der Waals surface area contributed by atoms with E-state index in [0.717, 1.165) is 37.3 Å². The first kappa shape index (κ1) is 43.2. The van der Waals surface area contributed by atoms with Crippen molar-refractivity contribution in [1.82, 2.24) is 40.6 Å². The number of amides is 3. The summed E-state index contributed by atoms with van der Waals surface area (Å²) in [5, 5.41) is 15.3. The largest absolute Gasteiger partial charge is 0.453 e. The molecule has 1 aliphatic heterocycles. The summed E-state index contributed by atoms with van der Waals surface area (Å²) in [5.41, 5.74) is 4.15. The fourth-order valence-corrected chi connectivity index (χ4v) is 8.25. The molecule has 2 unspecified atom stereocenters. The van der Waals surface area contributed by atoms with Gasteiger partial charge in [0.25, 0.3) is 0 Å². The zero-order valence-corrected chi connectivity index (χ0v) is 34.1. The number of aliphatic hydroxyl groups excluding tert-OH is 1. The first-order valence-electron chi connectivity index (χ1n) is 20.0. The molecular formula is C42H53F3N8O6. The number of likely N-dealkylation sites (tertiary alicyclic amines) is 1. The van der Waals surface area contributed by atoms with Crippen LogP contribution in [0.1, 0.15) is 95.4 Å². The Hall–Kier alpha value is -5.42. The average Bonchev–Trinajstić information content (AvgIpc) is 4.03. The number of imidazole rings is 2. The number of hydrogen-bond acceptors (Lipinski definition) is 9. The van der Waals surface area contributed by atoms with Crippen molar-refractivity contribution in [3.8, 4) is 33.6 Å². The number of halogens is 3. The van der Waals surface area contributed by atoms with Crippen LogP contribution in [0.25, 0.3) is 33.6 Å². The van der Waals surface area contributed by atoms with E-state index in [2.05, 4.69) is 30.7 Å². The number of aromatic amines is 2. The molecule has 0 spiro atoms. The molecule has 5 N–H and O–H groups in total. The number of aliphatic hydroxyl groups is 1. The van der Waals surface area contributed by atoms with Gasteiger partial charge in [0.15, 0.2) is 0 Å². The minimum absolute atomic E-state index is 0.0125. The zero-order valence-electron chi connectivity index (χ0n) is 34.1. The van der Waals surface area contributed by atoms with Gasteiger partial charge in [0.1, 0.15) is 17.9 Å². The molecule has 2 fully saturated rings. The zero-order chi connectivity index (χ0) is 42.6. The van der Waals surface area contributed by atoms with Gasteiger partial charge < -0.3 is 29.9 Å². The van der Waals surface area contributed by atoms with E-state index < -0.39 is 42.1 Å². The van der Waals surface area contributed by atoms with Crippen molar-refractivity contribution in [2.75, 3.05) is 20.8 Å². The van der Waals surface area contributed by atoms with E-state index in [4.69, 9.17) is 9.47 Å². The molecular weight excluding hydrogens is 770 g/mol. The predicted octanol–water partition coefficient (Wildman–Crippen LogP) is 7.77. The number of nitrogens with zero attached hydrogens (tertiary/aromatic N) is 4. The van der Waals surface area contributed by atoms with Crippen molar-refractivity contribution >= 4 is 18.1 Å². The molecule has 6 rings (SSSR count). The number of benzene rings is 2. The summed E-state index contributed by atoms with van der Waals surface area (Å²) in [6.07, 6.45) is 0.541. The van der Waals surface area contributed by atoms with Crippen LogP contribution in [0.4, 0.5) is 22.8 Å². The Kier molecular flexibility index (Phi) is 13.3. The van der Waals surface area contributed by atoms with Crippen LogP contribution in [0, 0.1) is 11.8 Å². The van der Waals surface area contributed by atoms with E-state index in [9.17, 15) is 32.7 Å². The van der Waals surface area contributed by atoms with Crippen LogP contribution in [0.15, 0.2) is 54.9 Å². The number of nitrogens with one attached hydrogen (secondary N) is 4. The van der Waals surface area contributed by atoms with Crippen molar-refractivity contribution in [3.63, 3.8) is 0 Å². The summed E-state index contributed by atoms with van der Waals surface area (Å²) in [6.45, 7) is 7.96. The molecule has 4 aromatic rings. The second-order valence-electron chi connectivity index (χ2n) is 15.8. The molecule has 1 saturated heterocycles. The van der Waals surface area contributed by atoms with Gasteiger partial charge in [-0.2, -0.15) is 13.2 Å². The van der Waals surface area contributed by atoms with Gasteiger partial charge in [0.2, 0.25) is 5.91 Å². The first-order valence-corrected chi connectivity index (χ1v) is 20.0. The van der Waals surface area contributed by atoms with Crippen LogP contribution in [0.3, 0.4) is 0 Å². The molecule has 2 aromatic heterocycles. The van der Waals surface area contributed by atoms with Crippen molar-refractivity contribution < 1.29 is 42.1 Å². The van der Waals surface area contributed by atoms with Gasteiger partial charge in [-0.15, -0.1) is 0 Å². The monoisotopic (exact) mass is 822 g/mol. The molecule has 17 heteroatoms. The highest BCUT2D eigenvalue weighted by Gasteiger charge is 2.40. The number of methoxy groups -OCH3 is 2. The van der Waals surface area contributed by atoms with Crippen LogP contribution >= 0.6 is 0 Å². The number of ether oxygens (including phenoxy) is 2.